The van der Waals surface area contributed by atoms with Crippen LogP contribution in [0.1, 0.15) is 24.6 Å². The van der Waals surface area contributed by atoms with Gasteiger partial charge in [-0.3, -0.25) is 4.90 Å². The molecule has 0 N–H and O–H groups in total. The highest BCUT2D eigenvalue weighted by atomic mass is 19.3. The molecule has 0 spiro atoms. The van der Waals surface area contributed by atoms with Crippen LogP contribution < -0.4 is 0 Å². The summed E-state index contributed by atoms with van der Waals surface area (Å²) in [6.45, 7) is 2.98. The molecule has 0 saturated carbocycles. The Hall–Kier alpha value is -1.04. The molecule has 0 bridgehead atoms. The van der Waals surface area contributed by atoms with E-state index in [9.17, 15) is 8.78 Å². The zero-order chi connectivity index (χ0) is 10.9. The third-order valence-electron chi connectivity index (χ3n) is 2.52. The lowest BCUT2D eigenvalue weighted by Gasteiger charge is -2.30. The van der Waals surface area contributed by atoms with Crippen molar-refractivity contribution < 1.29 is 13.3 Å². The molecule has 84 valence electrons. The molecule has 1 aliphatic heterocycles. The van der Waals surface area contributed by atoms with Crippen LogP contribution in [0.5, 0.6) is 0 Å². The van der Waals surface area contributed by atoms with Gasteiger partial charge in [-0.15, -0.1) is 0 Å². The van der Waals surface area contributed by atoms with E-state index in [4.69, 9.17) is 4.52 Å². The topological polar surface area (TPSA) is 42.2 Å². The first-order valence-electron chi connectivity index (χ1n) is 4.94. The van der Waals surface area contributed by atoms with Gasteiger partial charge in [0.2, 0.25) is 5.89 Å². The Balaban J connectivity index is 1.87. The van der Waals surface area contributed by atoms with Gasteiger partial charge in [0.1, 0.15) is 0 Å². The predicted molar refractivity (Wildman–Crippen MR) is 48.5 cm³/mol. The molecule has 0 radical (unpaired) electrons. The third-order valence-corrected chi connectivity index (χ3v) is 2.52. The zero-order valence-corrected chi connectivity index (χ0v) is 8.54. The van der Waals surface area contributed by atoms with E-state index in [2.05, 4.69) is 10.1 Å². The monoisotopic (exact) mass is 217 g/mol. The first kappa shape index (κ1) is 10.5. The summed E-state index contributed by atoms with van der Waals surface area (Å²) in [6, 6.07) is 0. The first-order chi connectivity index (χ1) is 7.05. The Morgan fingerprint density at radius 3 is 2.60 bits per heavy atom. The second-order valence-electron chi connectivity index (χ2n) is 3.86. The standard InChI is InChI=1S/C9H13F2N3O/c1-7-12-8(13-15-7)6-14-4-2-9(10,11)3-5-14/h2-6H2,1H3. The number of piperidine rings is 1. The molecule has 1 aromatic heterocycles. The van der Waals surface area contributed by atoms with E-state index in [1.54, 1.807) is 6.92 Å². The van der Waals surface area contributed by atoms with Gasteiger partial charge in [-0.2, -0.15) is 4.98 Å². The van der Waals surface area contributed by atoms with Gasteiger partial charge in [0.15, 0.2) is 5.82 Å². The largest absolute Gasteiger partial charge is 0.340 e. The van der Waals surface area contributed by atoms with E-state index < -0.39 is 5.92 Å². The van der Waals surface area contributed by atoms with Gasteiger partial charge in [0.05, 0.1) is 6.54 Å². The van der Waals surface area contributed by atoms with Gasteiger partial charge in [-0.05, 0) is 0 Å². The number of halogens is 2. The summed E-state index contributed by atoms with van der Waals surface area (Å²) in [4.78, 5) is 5.95. The minimum absolute atomic E-state index is 0.0795. The summed E-state index contributed by atoms with van der Waals surface area (Å²) in [6.07, 6.45) is -0.159. The highest BCUT2D eigenvalue weighted by molar-refractivity contribution is 4.86. The smallest absolute Gasteiger partial charge is 0.250 e. The van der Waals surface area contributed by atoms with Crippen LogP contribution in [0.4, 0.5) is 8.78 Å². The molecule has 1 saturated heterocycles. The number of hydrogen-bond acceptors (Lipinski definition) is 4. The SMILES string of the molecule is Cc1nc(CN2CCC(F)(F)CC2)no1. The highest BCUT2D eigenvalue weighted by Crippen LogP contribution is 2.27. The maximum atomic E-state index is 12.8. The molecule has 2 rings (SSSR count). The molecule has 4 nitrogen and oxygen atoms in total. The second-order valence-corrected chi connectivity index (χ2v) is 3.86. The number of aryl methyl sites for hydroxylation is 1. The lowest BCUT2D eigenvalue weighted by molar-refractivity contribution is -0.0571. The maximum Gasteiger partial charge on any atom is 0.250 e. The Morgan fingerprint density at radius 1 is 1.40 bits per heavy atom. The predicted octanol–water partition coefficient (Wildman–Crippen LogP) is 1.61. The number of aromatic nitrogens is 2. The first-order valence-corrected chi connectivity index (χ1v) is 4.94. The van der Waals surface area contributed by atoms with Crippen molar-refractivity contribution in [2.24, 2.45) is 0 Å². The van der Waals surface area contributed by atoms with Crippen LogP contribution in [0.15, 0.2) is 4.52 Å². The van der Waals surface area contributed by atoms with Crippen molar-refractivity contribution in [1.29, 1.82) is 0 Å². The average Bonchev–Trinajstić information content (AvgIpc) is 2.55. The summed E-state index contributed by atoms with van der Waals surface area (Å²) in [5.41, 5.74) is 0. The molecule has 2 heterocycles. The van der Waals surface area contributed by atoms with Gasteiger partial charge in [0, 0.05) is 32.9 Å². The van der Waals surface area contributed by atoms with Crippen LogP contribution in [-0.4, -0.2) is 34.1 Å². The number of likely N-dealkylation sites (tertiary alicyclic amines) is 1. The molecule has 0 aliphatic carbocycles. The van der Waals surface area contributed by atoms with Gasteiger partial charge in [-0.25, -0.2) is 8.78 Å². The number of hydrogen-bond donors (Lipinski definition) is 0. The van der Waals surface area contributed by atoms with Crippen LogP contribution >= 0.6 is 0 Å². The number of alkyl halides is 2. The molecule has 6 heteroatoms. The summed E-state index contributed by atoms with van der Waals surface area (Å²) in [5, 5.41) is 3.73. The van der Waals surface area contributed by atoms with Crippen molar-refractivity contribution in [2.45, 2.75) is 32.2 Å². The zero-order valence-electron chi connectivity index (χ0n) is 8.54. The maximum absolute atomic E-state index is 12.8. The molecular weight excluding hydrogens is 204 g/mol. The molecule has 0 unspecified atom stereocenters. The molecule has 0 aromatic carbocycles. The van der Waals surface area contributed by atoms with Gasteiger partial charge < -0.3 is 4.52 Å². The van der Waals surface area contributed by atoms with Crippen molar-refractivity contribution in [1.82, 2.24) is 15.0 Å². The van der Waals surface area contributed by atoms with Crippen molar-refractivity contribution in [3.05, 3.63) is 11.7 Å². The molecule has 15 heavy (non-hydrogen) atoms. The summed E-state index contributed by atoms with van der Waals surface area (Å²) in [5.74, 6) is -1.42. The number of nitrogens with zero attached hydrogens (tertiary/aromatic N) is 3. The van der Waals surface area contributed by atoms with E-state index in [0.717, 1.165) is 0 Å². The van der Waals surface area contributed by atoms with Crippen LogP contribution in [0.2, 0.25) is 0 Å². The fraction of sp³-hybridized carbons (Fsp3) is 0.778. The number of rotatable bonds is 2. The highest BCUT2D eigenvalue weighted by Gasteiger charge is 2.34. The molecule has 0 atom stereocenters. The molecule has 1 fully saturated rings. The minimum Gasteiger partial charge on any atom is -0.340 e. The quantitative estimate of drug-likeness (QED) is 0.754. The fourth-order valence-corrected chi connectivity index (χ4v) is 1.64. The molecule has 0 amide bonds. The second kappa shape index (κ2) is 3.84. The third kappa shape index (κ3) is 2.71. The molecule has 1 aliphatic rings. The van der Waals surface area contributed by atoms with Crippen LogP contribution in [-0.2, 0) is 6.54 Å². The molecular formula is C9H13F2N3O. The van der Waals surface area contributed by atoms with Crippen molar-refractivity contribution in [3.63, 3.8) is 0 Å². The Morgan fingerprint density at radius 2 is 2.07 bits per heavy atom. The fourth-order valence-electron chi connectivity index (χ4n) is 1.64. The Labute approximate surface area is 86.3 Å². The summed E-state index contributed by atoms with van der Waals surface area (Å²) >= 11 is 0. The normalized spacial score (nSPS) is 21.8. The Bertz CT molecular complexity index is 330. The van der Waals surface area contributed by atoms with Gasteiger partial charge in [0.25, 0.3) is 5.92 Å². The lowest BCUT2D eigenvalue weighted by Crippen LogP contribution is -2.39. The van der Waals surface area contributed by atoms with E-state index >= 15 is 0 Å². The summed E-state index contributed by atoms with van der Waals surface area (Å²) < 4.78 is 30.5. The van der Waals surface area contributed by atoms with Gasteiger partial charge >= 0.3 is 0 Å². The van der Waals surface area contributed by atoms with Gasteiger partial charge in [-0.1, -0.05) is 5.16 Å². The van der Waals surface area contributed by atoms with E-state index in [1.165, 1.54) is 0 Å². The van der Waals surface area contributed by atoms with Crippen molar-refractivity contribution in [2.75, 3.05) is 13.1 Å². The van der Waals surface area contributed by atoms with Crippen LogP contribution in [0, 0.1) is 6.92 Å². The van der Waals surface area contributed by atoms with E-state index in [1.807, 2.05) is 4.90 Å². The minimum atomic E-state index is -2.50. The van der Waals surface area contributed by atoms with Crippen molar-refractivity contribution in [3.8, 4) is 0 Å². The Kier molecular flexibility index (Phi) is 2.68. The van der Waals surface area contributed by atoms with E-state index in [0.29, 0.717) is 31.3 Å². The molecule has 1 aromatic rings. The van der Waals surface area contributed by atoms with E-state index in [-0.39, 0.29) is 12.8 Å². The van der Waals surface area contributed by atoms with Crippen LogP contribution in [0.3, 0.4) is 0 Å². The average molecular weight is 217 g/mol. The van der Waals surface area contributed by atoms with Crippen LogP contribution in [0.25, 0.3) is 0 Å². The van der Waals surface area contributed by atoms with Crippen molar-refractivity contribution >= 4 is 0 Å². The lowest BCUT2D eigenvalue weighted by atomic mass is 10.1. The summed E-state index contributed by atoms with van der Waals surface area (Å²) in [7, 11) is 0.